The van der Waals surface area contributed by atoms with Gasteiger partial charge in [0.15, 0.2) is 0 Å². The molecule has 2 bridgehead atoms. The molecule has 0 aromatic heterocycles. The Balaban J connectivity index is 1.25. The van der Waals surface area contributed by atoms with E-state index in [2.05, 4.69) is 37.2 Å². The van der Waals surface area contributed by atoms with E-state index >= 15 is 0 Å². The van der Waals surface area contributed by atoms with Crippen LogP contribution >= 0.6 is 31.9 Å². The van der Waals surface area contributed by atoms with Crippen LogP contribution in [0, 0.1) is 23.7 Å². The maximum Gasteiger partial charge on any atom is 0.247 e. The zero-order chi connectivity index (χ0) is 22.6. The number of alkyl halides is 2. The largest absolute Gasteiger partial charge is 0.457 e. The Labute approximate surface area is 202 Å². The highest BCUT2D eigenvalue weighted by molar-refractivity contribution is 9.12. The lowest BCUT2D eigenvalue weighted by Crippen LogP contribution is -2.46. The van der Waals surface area contributed by atoms with Gasteiger partial charge < -0.3 is 10.1 Å². The second kappa shape index (κ2) is 8.30. The van der Waals surface area contributed by atoms with Crippen molar-refractivity contribution in [3.8, 4) is 11.5 Å². The summed E-state index contributed by atoms with van der Waals surface area (Å²) in [6.45, 7) is 1.61. The zero-order valence-electron chi connectivity index (χ0n) is 17.3. The number of benzene rings is 2. The van der Waals surface area contributed by atoms with Gasteiger partial charge in [0, 0.05) is 15.3 Å². The van der Waals surface area contributed by atoms with Gasteiger partial charge in [0.25, 0.3) is 0 Å². The average molecular weight is 562 g/mol. The SMILES string of the molecule is C[C@H](C(=O)Nc1ccc(Oc2ccccc2)cc1)N1C(=O)[C@@H]2[C@H]3C[C@@H]([C@H](Br)[C@H]3Br)[C@@H]2C1=O. The fourth-order valence-corrected chi connectivity index (χ4v) is 7.22. The van der Waals surface area contributed by atoms with Crippen LogP contribution in [0.2, 0.25) is 0 Å². The lowest BCUT2D eigenvalue weighted by Gasteiger charge is -2.28. The van der Waals surface area contributed by atoms with E-state index in [4.69, 9.17) is 4.74 Å². The molecule has 2 aliphatic carbocycles. The molecule has 0 unspecified atom stereocenters. The van der Waals surface area contributed by atoms with E-state index in [9.17, 15) is 14.4 Å². The van der Waals surface area contributed by atoms with Gasteiger partial charge in [-0.05, 0) is 61.6 Å². The van der Waals surface area contributed by atoms with E-state index in [-0.39, 0.29) is 51.0 Å². The van der Waals surface area contributed by atoms with Gasteiger partial charge in [0.1, 0.15) is 17.5 Å². The van der Waals surface area contributed by atoms with Crippen molar-refractivity contribution >= 4 is 55.3 Å². The maximum absolute atomic E-state index is 13.1. The molecule has 0 spiro atoms. The van der Waals surface area contributed by atoms with E-state index in [0.29, 0.717) is 11.4 Å². The van der Waals surface area contributed by atoms with Crippen LogP contribution in [-0.2, 0) is 14.4 Å². The summed E-state index contributed by atoms with van der Waals surface area (Å²) < 4.78 is 5.76. The summed E-state index contributed by atoms with van der Waals surface area (Å²) in [7, 11) is 0. The molecule has 5 rings (SSSR count). The summed E-state index contributed by atoms with van der Waals surface area (Å²) in [5, 5.41) is 2.81. The van der Waals surface area contributed by atoms with E-state index in [1.807, 2.05) is 30.3 Å². The zero-order valence-corrected chi connectivity index (χ0v) is 20.5. The summed E-state index contributed by atoms with van der Waals surface area (Å²) in [4.78, 5) is 40.7. The fraction of sp³-hybridized carbons (Fsp3) is 0.375. The molecular formula is C24H22Br2N2O4. The minimum atomic E-state index is -0.872. The Kier molecular flexibility index (Phi) is 5.61. The average Bonchev–Trinajstić information content (AvgIpc) is 3.40. The molecule has 32 heavy (non-hydrogen) atoms. The van der Waals surface area contributed by atoms with E-state index in [0.717, 1.165) is 12.2 Å². The van der Waals surface area contributed by atoms with Crippen LogP contribution in [0.3, 0.4) is 0 Å². The quantitative estimate of drug-likeness (QED) is 0.428. The number of rotatable bonds is 5. The fourth-order valence-electron chi connectivity index (χ4n) is 5.35. The van der Waals surface area contributed by atoms with E-state index in [1.165, 1.54) is 4.90 Å². The highest BCUT2D eigenvalue weighted by atomic mass is 79.9. The Morgan fingerprint density at radius 2 is 1.47 bits per heavy atom. The molecule has 2 aromatic rings. The summed E-state index contributed by atoms with van der Waals surface area (Å²) >= 11 is 7.37. The molecule has 1 heterocycles. The number of halogens is 2. The maximum atomic E-state index is 13.1. The molecule has 7 atom stereocenters. The van der Waals surface area contributed by atoms with Crippen LogP contribution < -0.4 is 10.1 Å². The number of nitrogens with zero attached hydrogens (tertiary/aromatic N) is 1. The molecule has 1 saturated heterocycles. The van der Waals surface area contributed by atoms with Crippen LogP contribution in [0.5, 0.6) is 11.5 Å². The van der Waals surface area contributed by atoms with Crippen molar-refractivity contribution in [2.24, 2.45) is 23.7 Å². The number of para-hydroxylation sites is 1. The molecule has 3 amide bonds. The van der Waals surface area contributed by atoms with Crippen LogP contribution in [-0.4, -0.2) is 38.3 Å². The summed E-state index contributed by atoms with van der Waals surface area (Å²) in [5.74, 6) is 0.152. The predicted octanol–water partition coefficient (Wildman–Crippen LogP) is 4.58. The van der Waals surface area contributed by atoms with Crippen molar-refractivity contribution in [1.82, 2.24) is 4.90 Å². The Hall–Kier alpha value is -2.19. The lowest BCUT2D eigenvalue weighted by atomic mass is 9.81. The number of ether oxygens (including phenoxy) is 1. The van der Waals surface area contributed by atoms with Gasteiger partial charge in [-0.2, -0.15) is 0 Å². The third-order valence-electron chi connectivity index (χ3n) is 6.89. The predicted molar refractivity (Wildman–Crippen MR) is 127 cm³/mol. The minimum Gasteiger partial charge on any atom is -0.457 e. The Bertz CT molecular complexity index is 1030. The molecule has 2 aromatic carbocycles. The van der Waals surface area contributed by atoms with Crippen molar-refractivity contribution in [3.05, 3.63) is 54.6 Å². The summed E-state index contributed by atoms with van der Waals surface area (Å²) in [6, 6.07) is 15.5. The van der Waals surface area contributed by atoms with Gasteiger partial charge in [0.05, 0.1) is 11.8 Å². The van der Waals surface area contributed by atoms with Gasteiger partial charge in [-0.1, -0.05) is 50.1 Å². The molecular weight excluding hydrogens is 540 g/mol. The number of carbonyl (C=O) groups excluding carboxylic acids is 3. The second-order valence-electron chi connectivity index (χ2n) is 8.66. The number of imide groups is 1. The second-order valence-corrected chi connectivity index (χ2v) is 10.8. The normalized spacial score (nSPS) is 31.5. The van der Waals surface area contributed by atoms with Gasteiger partial charge >= 0.3 is 0 Å². The molecule has 1 N–H and O–H groups in total. The third-order valence-corrected chi connectivity index (χ3v) is 10.1. The first-order valence-corrected chi connectivity index (χ1v) is 12.5. The number of fused-ring (bicyclic) bond motifs is 5. The van der Waals surface area contributed by atoms with Crippen molar-refractivity contribution in [2.45, 2.75) is 29.0 Å². The first-order chi connectivity index (χ1) is 15.4. The van der Waals surface area contributed by atoms with Crippen molar-refractivity contribution < 1.29 is 19.1 Å². The molecule has 6 nitrogen and oxygen atoms in total. The van der Waals surface area contributed by atoms with Gasteiger partial charge in [-0.15, -0.1) is 0 Å². The number of amides is 3. The molecule has 2 saturated carbocycles. The molecule has 166 valence electrons. The van der Waals surface area contributed by atoms with E-state index in [1.54, 1.807) is 31.2 Å². The number of anilines is 1. The van der Waals surface area contributed by atoms with Crippen LogP contribution in [0.25, 0.3) is 0 Å². The number of likely N-dealkylation sites (tertiary alicyclic amines) is 1. The molecule has 8 heteroatoms. The first-order valence-electron chi connectivity index (χ1n) is 10.7. The van der Waals surface area contributed by atoms with Gasteiger partial charge in [0.2, 0.25) is 17.7 Å². The Morgan fingerprint density at radius 1 is 0.938 bits per heavy atom. The highest BCUT2D eigenvalue weighted by Gasteiger charge is 2.67. The molecule has 3 fully saturated rings. The standard InChI is InChI=1S/C24H22Br2N2O4/c1-12(28-23(30)18-16-11-17(19(18)24(28)31)21(26)20(16)25)22(29)27-13-7-9-15(10-8-13)32-14-5-3-2-4-6-14/h2-10,12,16-21H,11H2,1H3,(H,27,29)/t12-,16-,17-,18-,19+,20+,21+/m1/s1. The minimum absolute atomic E-state index is 0.128. The summed E-state index contributed by atoms with van der Waals surface area (Å²) in [6.07, 6.45) is 0.866. The number of carbonyl (C=O) groups is 3. The van der Waals surface area contributed by atoms with Crippen molar-refractivity contribution in [3.63, 3.8) is 0 Å². The molecule has 3 aliphatic rings. The lowest BCUT2D eigenvalue weighted by molar-refractivity contribution is -0.146. The number of hydrogen-bond donors (Lipinski definition) is 1. The van der Waals surface area contributed by atoms with Crippen LogP contribution in [0.1, 0.15) is 13.3 Å². The third kappa shape index (κ3) is 3.48. The molecule has 1 aliphatic heterocycles. The number of hydrogen-bond acceptors (Lipinski definition) is 4. The van der Waals surface area contributed by atoms with Gasteiger partial charge in [-0.3, -0.25) is 19.3 Å². The van der Waals surface area contributed by atoms with Crippen molar-refractivity contribution in [2.75, 3.05) is 5.32 Å². The molecule has 0 radical (unpaired) electrons. The van der Waals surface area contributed by atoms with Crippen LogP contribution in [0.15, 0.2) is 54.6 Å². The van der Waals surface area contributed by atoms with Gasteiger partial charge in [-0.25, -0.2) is 0 Å². The monoisotopic (exact) mass is 560 g/mol. The van der Waals surface area contributed by atoms with Crippen LogP contribution in [0.4, 0.5) is 5.69 Å². The summed E-state index contributed by atoms with van der Waals surface area (Å²) in [5.41, 5.74) is 0.572. The topological polar surface area (TPSA) is 75.7 Å². The highest BCUT2D eigenvalue weighted by Crippen LogP contribution is 2.60. The van der Waals surface area contributed by atoms with Crippen molar-refractivity contribution in [1.29, 1.82) is 0 Å². The number of nitrogens with one attached hydrogen (secondary N) is 1. The smallest absolute Gasteiger partial charge is 0.247 e. The van der Waals surface area contributed by atoms with E-state index < -0.39 is 6.04 Å². The first kappa shape index (κ1) is 21.6. The Morgan fingerprint density at radius 3 is 2.03 bits per heavy atom.